The fraction of sp³-hybridized carbons (Fsp3) is 0.769. The number of halogens is 1. The van der Waals surface area contributed by atoms with Gasteiger partial charge in [-0.05, 0) is 20.3 Å². The molecule has 0 spiro atoms. The van der Waals surface area contributed by atoms with E-state index in [1.54, 1.807) is 0 Å². The number of aryl methyl sites for hydroxylation is 1. The zero-order chi connectivity index (χ0) is 13.4. The van der Waals surface area contributed by atoms with Crippen molar-refractivity contribution in [1.29, 1.82) is 0 Å². The smallest absolute Gasteiger partial charge is 0.151 e. The molecule has 1 unspecified atom stereocenters. The highest BCUT2D eigenvalue weighted by atomic mass is 35.5. The van der Waals surface area contributed by atoms with Gasteiger partial charge in [-0.1, -0.05) is 24.9 Å². The molecule has 2 N–H and O–H groups in total. The van der Waals surface area contributed by atoms with Crippen LogP contribution in [0.5, 0.6) is 0 Å². The first kappa shape index (κ1) is 15.5. The van der Waals surface area contributed by atoms with Crippen LogP contribution >= 0.6 is 11.6 Å². The molecular weight excluding hydrogens is 250 g/mol. The average Bonchev–Trinajstić information content (AvgIpc) is 2.68. The second-order valence-electron chi connectivity index (χ2n) is 4.45. The Morgan fingerprint density at radius 1 is 1.44 bits per heavy atom. The van der Waals surface area contributed by atoms with E-state index in [1.807, 2.05) is 6.92 Å². The van der Waals surface area contributed by atoms with E-state index in [9.17, 15) is 0 Å². The van der Waals surface area contributed by atoms with E-state index in [1.165, 1.54) is 0 Å². The Bertz CT molecular complexity index is 341. The molecule has 1 aromatic heterocycles. The lowest BCUT2D eigenvalue weighted by molar-refractivity contribution is 0.0759. The molecule has 4 nitrogen and oxygen atoms in total. The van der Waals surface area contributed by atoms with Gasteiger partial charge < -0.3 is 15.0 Å². The normalized spacial score (nSPS) is 12.9. The van der Waals surface area contributed by atoms with Gasteiger partial charge in [-0.25, -0.2) is 4.98 Å². The summed E-state index contributed by atoms with van der Waals surface area (Å²) in [6.45, 7) is 8.49. The summed E-state index contributed by atoms with van der Waals surface area (Å²) in [5.74, 6) is 0.983. The molecule has 0 saturated heterocycles. The summed E-state index contributed by atoms with van der Waals surface area (Å²) in [5, 5.41) is 3.90. The highest BCUT2D eigenvalue weighted by Gasteiger charge is 2.08. The van der Waals surface area contributed by atoms with Gasteiger partial charge in [0, 0.05) is 26.1 Å². The average molecular weight is 274 g/mol. The SMILES string of the molecule is CCCCc1nc(Cl)c(CNCC(C)OCC)[nH]1. The van der Waals surface area contributed by atoms with Crippen LogP contribution in [0.4, 0.5) is 0 Å². The van der Waals surface area contributed by atoms with Gasteiger partial charge in [0.2, 0.25) is 0 Å². The largest absolute Gasteiger partial charge is 0.377 e. The molecule has 0 aliphatic carbocycles. The van der Waals surface area contributed by atoms with Gasteiger partial charge in [0.15, 0.2) is 5.15 Å². The van der Waals surface area contributed by atoms with Crippen molar-refractivity contribution < 1.29 is 4.74 Å². The maximum absolute atomic E-state index is 6.09. The Morgan fingerprint density at radius 2 is 2.22 bits per heavy atom. The minimum atomic E-state index is 0.219. The molecule has 0 radical (unpaired) electrons. The van der Waals surface area contributed by atoms with E-state index < -0.39 is 0 Å². The fourth-order valence-electron chi connectivity index (χ4n) is 1.76. The van der Waals surface area contributed by atoms with Gasteiger partial charge in [0.25, 0.3) is 0 Å². The maximum atomic E-state index is 6.09. The van der Waals surface area contributed by atoms with E-state index in [0.29, 0.717) is 11.7 Å². The van der Waals surface area contributed by atoms with E-state index in [4.69, 9.17) is 16.3 Å². The van der Waals surface area contributed by atoms with Gasteiger partial charge in [0.1, 0.15) is 5.82 Å². The number of imidazole rings is 1. The van der Waals surface area contributed by atoms with Crippen LogP contribution < -0.4 is 5.32 Å². The van der Waals surface area contributed by atoms with Crippen LogP contribution in [-0.4, -0.2) is 29.2 Å². The van der Waals surface area contributed by atoms with Crippen LogP contribution in [0.25, 0.3) is 0 Å². The molecule has 0 aliphatic rings. The van der Waals surface area contributed by atoms with Crippen molar-refractivity contribution in [2.75, 3.05) is 13.2 Å². The van der Waals surface area contributed by atoms with Gasteiger partial charge in [-0.2, -0.15) is 0 Å². The third-order valence-corrected chi connectivity index (χ3v) is 3.04. The van der Waals surface area contributed by atoms with Crippen LogP contribution in [0.1, 0.15) is 45.1 Å². The Morgan fingerprint density at radius 3 is 2.89 bits per heavy atom. The molecular formula is C13H24ClN3O. The molecule has 5 heteroatoms. The lowest BCUT2D eigenvalue weighted by Gasteiger charge is -2.11. The van der Waals surface area contributed by atoms with Gasteiger partial charge in [-0.15, -0.1) is 0 Å². The summed E-state index contributed by atoms with van der Waals surface area (Å²) in [4.78, 5) is 7.60. The summed E-state index contributed by atoms with van der Waals surface area (Å²) in [7, 11) is 0. The molecule has 1 aromatic rings. The zero-order valence-corrected chi connectivity index (χ0v) is 12.3. The number of unbranched alkanes of at least 4 members (excludes halogenated alkanes) is 1. The Labute approximate surface area is 114 Å². The molecule has 104 valence electrons. The van der Waals surface area contributed by atoms with E-state index >= 15 is 0 Å². The van der Waals surface area contributed by atoms with Crippen molar-refractivity contribution in [2.24, 2.45) is 0 Å². The van der Waals surface area contributed by atoms with Crippen LogP contribution in [-0.2, 0) is 17.7 Å². The molecule has 0 saturated carbocycles. The molecule has 0 bridgehead atoms. The second kappa shape index (κ2) is 8.51. The van der Waals surface area contributed by atoms with Crippen LogP contribution in [0.2, 0.25) is 5.15 Å². The Balaban J connectivity index is 2.35. The molecule has 1 atom stereocenters. The summed E-state index contributed by atoms with van der Waals surface area (Å²) in [6.07, 6.45) is 3.48. The number of aromatic amines is 1. The molecule has 18 heavy (non-hydrogen) atoms. The quantitative estimate of drug-likeness (QED) is 0.727. The van der Waals surface area contributed by atoms with Crippen LogP contribution in [0, 0.1) is 0 Å². The first-order valence-corrected chi connectivity index (χ1v) is 7.10. The molecule has 0 amide bonds. The predicted octanol–water partition coefficient (Wildman–Crippen LogP) is 2.92. The number of nitrogens with one attached hydrogen (secondary N) is 2. The fourth-order valence-corrected chi connectivity index (χ4v) is 1.98. The number of H-pyrrole nitrogens is 1. The van der Waals surface area contributed by atoms with E-state index in [2.05, 4.69) is 29.1 Å². The number of ether oxygens (including phenoxy) is 1. The minimum absolute atomic E-state index is 0.219. The van der Waals surface area contributed by atoms with Crippen molar-refractivity contribution in [2.45, 2.75) is 52.7 Å². The molecule has 0 aliphatic heterocycles. The minimum Gasteiger partial charge on any atom is -0.377 e. The molecule has 1 rings (SSSR count). The van der Waals surface area contributed by atoms with Gasteiger partial charge >= 0.3 is 0 Å². The Kier molecular flexibility index (Phi) is 7.32. The molecule has 1 heterocycles. The highest BCUT2D eigenvalue weighted by Crippen LogP contribution is 2.13. The third kappa shape index (κ3) is 5.38. The van der Waals surface area contributed by atoms with Crippen molar-refractivity contribution in [3.63, 3.8) is 0 Å². The highest BCUT2D eigenvalue weighted by molar-refractivity contribution is 6.30. The number of hydrogen-bond donors (Lipinski definition) is 2. The van der Waals surface area contributed by atoms with Gasteiger partial charge in [-0.3, -0.25) is 0 Å². The number of aromatic nitrogens is 2. The molecule has 0 fully saturated rings. The van der Waals surface area contributed by atoms with Crippen LogP contribution in [0.3, 0.4) is 0 Å². The third-order valence-electron chi connectivity index (χ3n) is 2.73. The zero-order valence-electron chi connectivity index (χ0n) is 11.6. The summed E-state index contributed by atoms with van der Waals surface area (Å²) in [6, 6.07) is 0. The monoisotopic (exact) mass is 273 g/mol. The predicted molar refractivity (Wildman–Crippen MR) is 75.0 cm³/mol. The van der Waals surface area contributed by atoms with Crippen molar-refractivity contribution in [3.05, 3.63) is 16.7 Å². The first-order valence-electron chi connectivity index (χ1n) is 6.72. The van der Waals surface area contributed by atoms with Crippen molar-refractivity contribution >= 4 is 11.6 Å². The molecule has 0 aromatic carbocycles. The lowest BCUT2D eigenvalue weighted by atomic mass is 10.2. The standard InChI is InChI=1S/C13H24ClN3O/c1-4-6-7-12-16-11(13(14)17-12)9-15-8-10(3)18-5-2/h10,15H,4-9H2,1-3H3,(H,16,17). The van der Waals surface area contributed by atoms with Crippen molar-refractivity contribution in [3.8, 4) is 0 Å². The summed E-state index contributed by atoms with van der Waals surface area (Å²) in [5.41, 5.74) is 0.964. The number of nitrogens with zero attached hydrogens (tertiary/aromatic N) is 1. The van der Waals surface area contributed by atoms with E-state index in [-0.39, 0.29) is 6.10 Å². The van der Waals surface area contributed by atoms with Crippen molar-refractivity contribution in [1.82, 2.24) is 15.3 Å². The Hall–Kier alpha value is -0.580. The first-order chi connectivity index (χ1) is 8.67. The lowest BCUT2D eigenvalue weighted by Crippen LogP contribution is -2.26. The summed E-state index contributed by atoms with van der Waals surface area (Å²) < 4.78 is 5.45. The van der Waals surface area contributed by atoms with Crippen LogP contribution in [0.15, 0.2) is 0 Å². The van der Waals surface area contributed by atoms with E-state index in [0.717, 1.165) is 43.9 Å². The topological polar surface area (TPSA) is 49.9 Å². The number of rotatable bonds is 9. The number of hydrogen-bond acceptors (Lipinski definition) is 3. The maximum Gasteiger partial charge on any atom is 0.151 e. The second-order valence-corrected chi connectivity index (χ2v) is 4.81. The summed E-state index contributed by atoms with van der Waals surface area (Å²) >= 11 is 6.09. The van der Waals surface area contributed by atoms with Gasteiger partial charge in [0.05, 0.1) is 11.8 Å².